The van der Waals surface area contributed by atoms with E-state index in [0.29, 0.717) is 25.3 Å². The molecule has 2 aliphatic rings. The molecule has 1 heterocycles. The molecule has 1 aliphatic carbocycles. The van der Waals surface area contributed by atoms with Gasteiger partial charge in [-0.2, -0.15) is 0 Å². The van der Waals surface area contributed by atoms with Crippen LogP contribution in [-0.2, 0) is 11.3 Å². The molecule has 132 valence electrons. The minimum Gasteiger partial charge on any atom is -0.493 e. The second-order valence-corrected chi connectivity index (χ2v) is 6.58. The van der Waals surface area contributed by atoms with E-state index in [9.17, 15) is 9.90 Å². The van der Waals surface area contributed by atoms with E-state index in [1.54, 1.807) is 7.11 Å². The summed E-state index contributed by atoms with van der Waals surface area (Å²) in [5.74, 6) is 1.37. The Morgan fingerprint density at radius 3 is 2.79 bits per heavy atom. The molecule has 3 rings (SSSR count). The molecule has 1 aromatic rings. The third-order valence-electron chi connectivity index (χ3n) is 4.71. The van der Waals surface area contributed by atoms with Gasteiger partial charge in [0, 0.05) is 13.1 Å². The molecule has 1 saturated heterocycles. The van der Waals surface area contributed by atoms with E-state index in [-0.39, 0.29) is 18.1 Å². The number of ether oxygens (including phenoxy) is 2. The molecule has 24 heavy (non-hydrogen) atoms. The fourth-order valence-electron chi connectivity index (χ4n) is 3.33. The summed E-state index contributed by atoms with van der Waals surface area (Å²) in [7, 11) is 1.63. The highest BCUT2D eigenvalue weighted by atomic mass is 16.5. The van der Waals surface area contributed by atoms with Crippen LogP contribution in [0.1, 0.15) is 37.7 Å². The Labute approximate surface area is 142 Å². The number of hydrogen-bond acceptors (Lipinski definition) is 5. The first-order valence-electron chi connectivity index (χ1n) is 8.68. The fourth-order valence-corrected chi connectivity index (χ4v) is 3.33. The second-order valence-electron chi connectivity index (χ2n) is 6.58. The summed E-state index contributed by atoms with van der Waals surface area (Å²) < 4.78 is 11.5. The fraction of sp³-hybridized carbons (Fsp3) is 0.611. The van der Waals surface area contributed by atoms with Gasteiger partial charge in [0.1, 0.15) is 0 Å². The number of carbonyl (C=O) groups excluding carboxylic acids is 1. The zero-order chi connectivity index (χ0) is 16.9. The third-order valence-corrected chi connectivity index (χ3v) is 4.71. The SMILES string of the molecule is COc1cc(CNC(=O)[C@@H]2C[C@@H](O)CN2)ccc1OC1CCCC1. The van der Waals surface area contributed by atoms with Crippen molar-refractivity contribution in [1.29, 1.82) is 0 Å². The Hall–Kier alpha value is -1.79. The van der Waals surface area contributed by atoms with Crippen molar-refractivity contribution in [2.24, 2.45) is 0 Å². The number of carbonyl (C=O) groups is 1. The van der Waals surface area contributed by atoms with Crippen LogP contribution in [0.15, 0.2) is 18.2 Å². The maximum Gasteiger partial charge on any atom is 0.237 e. The highest BCUT2D eigenvalue weighted by molar-refractivity contribution is 5.82. The molecule has 3 N–H and O–H groups in total. The number of aliphatic hydroxyl groups is 1. The van der Waals surface area contributed by atoms with Crippen LogP contribution in [0.5, 0.6) is 11.5 Å². The van der Waals surface area contributed by atoms with Gasteiger partial charge in [0.25, 0.3) is 0 Å². The molecule has 1 saturated carbocycles. The Kier molecular flexibility index (Phi) is 5.58. The van der Waals surface area contributed by atoms with Crippen molar-refractivity contribution in [3.05, 3.63) is 23.8 Å². The van der Waals surface area contributed by atoms with Gasteiger partial charge in [0.2, 0.25) is 5.91 Å². The first-order chi connectivity index (χ1) is 11.7. The van der Waals surface area contributed by atoms with Crippen molar-refractivity contribution >= 4 is 5.91 Å². The normalized spacial score (nSPS) is 24.1. The van der Waals surface area contributed by atoms with E-state index >= 15 is 0 Å². The predicted molar refractivity (Wildman–Crippen MR) is 90.1 cm³/mol. The van der Waals surface area contributed by atoms with Crippen molar-refractivity contribution in [1.82, 2.24) is 10.6 Å². The van der Waals surface area contributed by atoms with Crippen molar-refractivity contribution in [3.8, 4) is 11.5 Å². The lowest BCUT2D eigenvalue weighted by atomic mass is 10.1. The summed E-state index contributed by atoms with van der Waals surface area (Å²) in [6, 6.07) is 5.45. The van der Waals surface area contributed by atoms with Gasteiger partial charge in [0.15, 0.2) is 11.5 Å². The summed E-state index contributed by atoms with van der Waals surface area (Å²) >= 11 is 0. The maximum atomic E-state index is 12.1. The van der Waals surface area contributed by atoms with Crippen molar-refractivity contribution in [3.63, 3.8) is 0 Å². The van der Waals surface area contributed by atoms with Crippen molar-refractivity contribution < 1.29 is 19.4 Å². The van der Waals surface area contributed by atoms with Crippen LogP contribution < -0.4 is 20.1 Å². The molecule has 1 aliphatic heterocycles. The Bertz CT molecular complexity index is 572. The molecule has 1 amide bonds. The van der Waals surface area contributed by atoms with Crippen molar-refractivity contribution in [2.45, 2.75) is 56.9 Å². The number of hydrogen-bond donors (Lipinski definition) is 3. The Morgan fingerprint density at radius 2 is 2.12 bits per heavy atom. The van der Waals surface area contributed by atoms with Crippen LogP contribution in [0.2, 0.25) is 0 Å². The molecule has 2 fully saturated rings. The highest BCUT2D eigenvalue weighted by Gasteiger charge is 2.27. The molecule has 6 nitrogen and oxygen atoms in total. The molecular formula is C18H26N2O4. The van der Waals surface area contributed by atoms with Crippen LogP contribution in [0, 0.1) is 0 Å². The minimum atomic E-state index is -0.437. The van der Waals surface area contributed by atoms with Gasteiger partial charge in [-0.25, -0.2) is 0 Å². The van der Waals surface area contributed by atoms with E-state index in [0.717, 1.165) is 24.2 Å². The number of benzene rings is 1. The van der Waals surface area contributed by atoms with Gasteiger partial charge < -0.3 is 25.2 Å². The average molecular weight is 334 g/mol. The molecule has 6 heteroatoms. The number of β-amino-alcohol motifs (C(OH)–C–C–N with tert-alkyl or cyclic N) is 1. The Balaban J connectivity index is 1.56. The third kappa shape index (κ3) is 4.19. The lowest BCUT2D eigenvalue weighted by molar-refractivity contribution is -0.123. The monoisotopic (exact) mass is 334 g/mol. The van der Waals surface area contributed by atoms with Crippen LogP contribution in [0.4, 0.5) is 0 Å². The summed E-state index contributed by atoms with van der Waals surface area (Å²) in [4.78, 5) is 12.1. The molecule has 1 aromatic carbocycles. The number of aliphatic hydroxyl groups excluding tert-OH is 1. The average Bonchev–Trinajstić information content (AvgIpc) is 3.25. The highest BCUT2D eigenvalue weighted by Crippen LogP contribution is 2.32. The first-order valence-corrected chi connectivity index (χ1v) is 8.68. The van der Waals surface area contributed by atoms with Gasteiger partial charge in [-0.05, 0) is 49.8 Å². The summed E-state index contributed by atoms with van der Waals surface area (Å²) in [5.41, 5.74) is 0.956. The van der Waals surface area contributed by atoms with E-state index in [4.69, 9.17) is 9.47 Å². The number of amides is 1. The lowest BCUT2D eigenvalue weighted by Crippen LogP contribution is -2.40. The van der Waals surface area contributed by atoms with E-state index in [1.165, 1.54) is 12.8 Å². The standard InChI is InChI=1S/C18H26N2O4/c1-23-17-8-12(6-7-16(17)24-14-4-2-3-5-14)10-20-18(22)15-9-13(21)11-19-15/h6-8,13-15,19,21H,2-5,9-11H2,1H3,(H,20,22)/t13-,15+/m1/s1. The quantitative estimate of drug-likeness (QED) is 0.732. The predicted octanol–water partition coefficient (Wildman–Crippen LogP) is 1.36. The minimum absolute atomic E-state index is 0.0863. The van der Waals surface area contributed by atoms with E-state index < -0.39 is 6.10 Å². The molecule has 0 radical (unpaired) electrons. The molecular weight excluding hydrogens is 308 g/mol. The molecule has 0 unspecified atom stereocenters. The van der Waals surface area contributed by atoms with E-state index in [1.807, 2.05) is 18.2 Å². The lowest BCUT2D eigenvalue weighted by Gasteiger charge is -2.17. The summed E-state index contributed by atoms with van der Waals surface area (Å²) in [6.07, 6.45) is 4.95. The largest absolute Gasteiger partial charge is 0.493 e. The molecule has 0 aromatic heterocycles. The first kappa shape index (κ1) is 17.0. The molecule has 2 atom stereocenters. The second kappa shape index (κ2) is 7.85. The van der Waals surface area contributed by atoms with Gasteiger partial charge in [-0.15, -0.1) is 0 Å². The molecule has 0 bridgehead atoms. The van der Waals surface area contributed by atoms with Crippen LogP contribution in [0.25, 0.3) is 0 Å². The number of methoxy groups -OCH3 is 1. The number of nitrogens with one attached hydrogen (secondary N) is 2. The van der Waals surface area contributed by atoms with Crippen LogP contribution >= 0.6 is 0 Å². The maximum absolute atomic E-state index is 12.1. The Morgan fingerprint density at radius 1 is 1.33 bits per heavy atom. The van der Waals surface area contributed by atoms with Crippen LogP contribution in [-0.4, -0.2) is 42.9 Å². The van der Waals surface area contributed by atoms with Crippen LogP contribution in [0.3, 0.4) is 0 Å². The zero-order valence-corrected chi connectivity index (χ0v) is 14.1. The van der Waals surface area contributed by atoms with Gasteiger partial charge in [-0.1, -0.05) is 6.07 Å². The number of rotatable bonds is 6. The van der Waals surface area contributed by atoms with Gasteiger partial charge in [-0.3, -0.25) is 4.79 Å². The van der Waals surface area contributed by atoms with Gasteiger partial charge >= 0.3 is 0 Å². The van der Waals surface area contributed by atoms with Crippen molar-refractivity contribution in [2.75, 3.05) is 13.7 Å². The zero-order valence-electron chi connectivity index (χ0n) is 14.1. The smallest absolute Gasteiger partial charge is 0.237 e. The van der Waals surface area contributed by atoms with E-state index in [2.05, 4.69) is 10.6 Å². The summed E-state index contributed by atoms with van der Waals surface area (Å²) in [6.45, 7) is 0.895. The van der Waals surface area contributed by atoms with Gasteiger partial charge in [0.05, 0.1) is 25.4 Å². The molecule has 0 spiro atoms. The topological polar surface area (TPSA) is 79.8 Å². The summed E-state index contributed by atoms with van der Waals surface area (Å²) in [5, 5.41) is 15.4.